The number of nitrogens with zero attached hydrogens (tertiary/aromatic N) is 10. The van der Waals surface area contributed by atoms with E-state index in [1.54, 1.807) is 71.2 Å². The quantitative estimate of drug-likeness (QED) is 0.0980. The van der Waals surface area contributed by atoms with E-state index in [9.17, 15) is 20.1 Å². The zero-order valence-corrected chi connectivity index (χ0v) is 52.6. The summed E-state index contributed by atoms with van der Waals surface area (Å²) < 4.78 is 42.2. The first-order chi connectivity index (χ1) is 41.4. The number of methoxy groups -OCH3 is 1. The van der Waals surface area contributed by atoms with Gasteiger partial charge in [-0.15, -0.1) is 0 Å². The topological polar surface area (TPSA) is 219 Å². The van der Waals surface area contributed by atoms with E-state index in [0.29, 0.717) is 90.5 Å². The van der Waals surface area contributed by atoms with E-state index in [4.69, 9.17) is 44.0 Å². The average Bonchev–Trinajstić information content (AvgIpc) is 1.80. The van der Waals surface area contributed by atoms with Gasteiger partial charge >= 0.3 is 7.12 Å². The summed E-state index contributed by atoms with van der Waals surface area (Å²) >= 11 is 6.10. The monoisotopic (exact) mass is 1200 g/mol. The van der Waals surface area contributed by atoms with Gasteiger partial charge in [0.1, 0.15) is 75.5 Å². The van der Waals surface area contributed by atoms with Crippen molar-refractivity contribution in [1.29, 1.82) is 10.5 Å². The highest BCUT2D eigenvalue weighted by Gasteiger charge is 2.52. The summed E-state index contributed by atoms with van der Waals surface area (Å²) in [6.45, 7) is 22.6. The second-order valence-electron chi connectivity index (χ2n) is 23.9. The Kier molecular flexibility index (Phi) is 19.1. The summed E-state index contributed by atoms with van der Waals surface area (Å²) in [5, 5.41) is 20.0. The summed E-state index contributed by atoms with van der Waals surface area (Å²) in [5.74, 6) is 2.48. The van der Waals surface area contributed by atoms with Crippen LogP contribution in [0.3, 0.4) is 0 Å². The summed E-state index contributed by atoms with van der Waals surface area (Å²) in [4.78, 5) is 49.3. The fraction of sp³-hybridized carbons (Fsp3) is 0.394. The van der Waals surface area contributed by atoms with Crippen LogP contribution in [-0.4, -0.2) is 155 Å². The van der Waals surface area contributed by atoms with Crippen LogP contribution in [0.2, 0.25) is 5.02 Å². The van der Waals surface area contributed by atoms with Gasteiger partial charge < -0.3 is 42.2 Å². The molecule has 11 rings (SSSR count). The number of benzene rings is 2. The van der Waals surface area contributed by atoms with Gasteiger partial charge in [0.2, 0.25) is 0 Å². The molecule has 6 aromatic heterocycles. The van der Waals surface area contributed by atoms with E-state index < -0.39 is 18.3 Å². The minimum absolute atomic E-state index is 0.0635. The lowest BCUT2D eigenvalue weighted by molar-refractivity contribution is 0.00578. The number of halogens is 1. The fourth-order valence-electron chi connectivity index (χ4n) is 10.4. The molecule has 2 unspecified atom stereocenters. The SMILES string of the molecule is CC(C)N1CCC(Oc2ccc(B3OC(C)(C)C(C)(C)O3)cc2C#N)C1.COc1cc(C(=O)N(C)C)ncc1-c1cc2nccc(-c3ccc(OC4CCN(C(C)C)C4)c(C#N)c3)c2o1.Cc1cc(C(=O)N(C)C)ncc1-c1cc2nccc(Cl)c2o1. The van der Waals surface area contributed by atoms with E-state index in [-0.39, 0.29) is 29.7 Å². The fourth-order valence-corrected chi connectivity index (χ4v) is 10.6. The maximum atomic E-state index is 12.4. The molecule has 8 aromatic rings. The number of hydrogen-bond donors (Lipinski definition) is 0. The van der Waals surface area contributed by atoms with Gasteiger partial charge in [0.05, 0.1) is 40.0 Å². The van der Waals surface area contributed by atoms with Crippen LogP contribution < -0.4 is 19.7 Å². The van der Waals surface area contributed by atoms with Crippen LogP contribution in [0.5, 0.6) is 17.2 Å². The van der Waals surface area contributed by atoms with Crippen LogP contribution in [-0.2, 0) is 9.31 Å². The Morgan fingerprint density at radius 1 is 0.655 bits per heavy atom. The lowest BCUT2D eigenvalue weighted by atomic mass is 9.78. The molecule has 0 saturated carbocycles. The zero-order chi connectivity index (χ0) is 62.6. The molecule has 3 aliphatic rings. The summed E-state index contributed by atoms with van der Waals surface area (Å²) in [7, 11) is 7.79. The van der Waals surface area contributed by atoms with Crippen LogP contribution in [0.25, 0.3) is 56.0 Å². The van der Waals surface area contributed by atoms with Gasteiger partial charge in [-0.1, -0.05) is 23.7 Å². The molecule has 3 saturated heterocycles. The molecule has 19 nitrogen and oxygen atoms in total. The molecule has 0 spiro atoms. The van der Waals surface area contributed by atoms with Gasteiger partial charge in [0.15, 0.2) is 11.2 Å². The second kappa shape index (κ2) is 26.3. The Hall–Kier alpha value is -8.37. The van der Waals surface area contributed by atoms with Crippen molar-refractivity contribution in [3.05, 3.63) is 131 Å². The zero-order valence-electron chi connectivity index (χ0n) is 51.9. The van der Waals surface area contributed by atoms with E-state index in [1.165, 1.54) is 16.9 Å². The number of hydrogen-bond acceptors (Lipinski definition) is 17. The van der Waals surface area contributed by atoms with Crippen LogP contribution in [0.1, 0.15) is 106 Å². The standard InChI is InChI=1S/C30H31N5O4.C20H29BN2O3.C16H14ClN3O2/c1-18(2)35-11-9-21(17-35)38-26-7-6-19(12-20(26)15-31)22-8-10-32-24-13-28(39-29(22)24)23-16-33-25(14-27(23)37-5)30(36)34(3)4;1-14(2)23-10-9-17(13-23)24-18-8-7-16(11-15(18)12-22)21-25-19(3,4)20(5,6)26-21;1-9-6-13(16(21)20(2)3)19-8-10(9)14-7-12-15(22-14)11(17)4-5-18-12/h6-8,10,12-14,16,18,21H,9,11,17H2,1-5H3;7-8,11,14,17H,9-10,13H2,1-6H3;4-8H,1-3H3. The van der Waals surface area contributed by atoms with Crippen LogP contribution >= 0.6 is 11.6 Å². The average molecular weight is 1200 g/mol. The molecule has 21 heteroatoms. The largest absolute Gasteiger partial charge is 0.496 e. The van der Waals surface area contributed by atoms with Crippen molar-refractivity contribution in [3.8, 4) is 63.2 Å². The third-order valence-corrected chi connectivity index (χ3v) is 16.5. The van der Waals surface area contributed by atoms with Crippen molar-refractivity contribution >= 4 is 58.2 Å². The van der Waals surface area contributed by atoms with Gasteiger partial charge in [-0.25, -0.2) is 0 Å². The molecule has 0 aliphatic carbocycles. The summed E-state index contributed by atoms with van der Waals surface area (Å²) in [6.07, 6.45) is 8.67. The van der Waals surface area contributed by atoms with Crippen molar-refractivity contribution < 1.29 is 41.9 Å². The number of likely N-dealkylation sites (tertiary alicyclic amines) is 2. The van der Waals surface area contributed by atoms with Crippen LogP contribution in [0.15, 0.2) is 106 Å². The van der Waals surface area contributed by atoms with Gasteiger partial charge in [0.25, 0.3) is 11.8 Å². The third kappa shape index (κ3) is 13.9. The third-order valence-electron chi connectivity index (χ3n) is 16.2. The highest BCUT2D eigenvalue weighted by atomic mass is 35.5. The molecule has 3 fully saturated rings. The number of carbonyl (C=O) groups excluding carboxylic acids is 2. The normalized spacial score (nSPS) is 17.1. The molecular formula is C66H74BClN10O9. The molecule has 9 heterocycles. The minimum Gasteiger partial charge on any atom is -0.496 e. The van der Waals surface area contributed by atoms with Crippen molar-refractivity contribution in [2.24, 2.45) is 0 Å². The van der Waals surface area contributed by atoms with E-state index in [2.05, 4.69) is 69.6 Å². The predicted molar refractivity (Wildman–Crippen MR) is 335 cm³/mol. The van der Waals surface area contributed by atoms with E-state index >= 15 is 0 Å². The Morgan fingerprint density at radius 3 is 1.68 bits per heavy atom. The molecule has 2 amide bonds. The Balaban J connectivity index is 0.000000164. The number of pyridine rings is 4. The lowest BCUT2D eigenvalue weighted by Gasteiger charge is -2.32. The molecule has 452 valence electrons. The Labute approximate surface area is 513 Å². The molecule has 2 atom stereocenters. The number of amides is 2. The first-order valence-electron chi connectivity index (χ1n) is 29.0. The number of aromatic nitrogens is 4. The first kappa shape index (κ1) is 63.1. The van der Waals surface area contributed by atoms with Crippen molar-refractivity contribution in [2.75, 3.05) is 61.5 Å². The maximum absolute atomic E-state index is 12.4. The number of furan rings is 2. The van der Waals surface area contributed by atoms with Gasteiger partial charge in [-0.2, -0.15) is 10.5 Å². The van der Waals surface area contributed by atoms with Crippen molar-refractivity contribution in [3.63, 3.8) is 0 Å². The number of nitriles is 2. The van der Waals surface area contributed by atoms with E-state index in [0.717, 1.165) is 66.7 Å². The number of fused-ring (bicyclic) bond motifs is 2. The second-order valence-corrected chi connectivity index (χ2v) is 24.3. The lowest BCUT2D eigenvalue weighted by Crippen LogP contribution is -2.41. The van der Waals surface area contributed by atoms with Crippen molar-refractivity contribution in [2.45, 2.75) is 111 Å². The van der Waals surface area contributed by atoms with Gasteiger partial charge in [0, 0.05) is 121 Å². The molecule has 3 aliphatic heterocycles. The number of carbonyl (C=O) groups is 2. The molecular weight excluding hydrogens is 1120 g/mol. The molecule has 0 bridgehead atoms. The van der Waals surface area contributed by atoms with Gasteiger partial charge in [-0.05, 0) is 134 Å². The minimum atomic E-state index is -0.468. The number of aryl methyl sites for hydroxylation is 1. The van der Waals surface area contributed by atoms with Crippen LogP contribution in [0, 0.1) is 29.6 Å². The highest BCUT2D eigenvalue weighted by Crippen LogP contribution is 2.40. The maximum Gasteiger partial charge on any atom is 0.494 e. The highest BCUT2D eigenvalue weighted by molar-refractivity contribution is 6.62. The van der Waals surface area contributed by atoms with Crippen LogP contribution in [0.4, 0.5) is 0 Å². The molecule has 87 heavy (non-hydrogen) atoms. The summed E-state index contributed by atoms with van der Waals surface area (Å²) in [6, 6.07) is 27.3. The van der Waals surface area contributed by atoms with Crippen molar-refractivity contribution in [1.82, 2.24) is 39.5 Å². The number of ether oxygens (including phenoxy) is 3. The Morgan fingerprint density at radius 2 is 1.16 bits per heavy atom. The Bertz CT molecular complexity index is 3910. The summed E-state index contributed by atoms with van der Waals surface area (Å²) in [5.41, 5.74) is 8.12. The smallest absolute Gasteiger partial charge is 0.494 e. The molecule has 0 radical (unpaired) electrons. The predicted octanol–water partition coefficient (Wildman–Crippen LogP) is 11.3. The number of rotatable bonds is 13. The molecule has 0 N–H and O–H groups in total. The van der Waals surface area contributed by atoms with Gasteiger partial charge in [-0.3, -0.25) is 39.3 Å². The first-order valence-corrected chi connectivity index (χ1v) is 29.4. The molecule has 2 aromatic carbocycles. The van der Waals surface area contributed by atoms with E-state index in [1.807, 2.05) is 89.2 Å².